The van der Waals surface area contributed by atoms with E-state index in [4.69, 9.17) is 0 Å². The van der Waals surface area contributed by atoms with Crippen molar-refractivity contribution in [1.82, 2.24) is 9.88 Å². The number of pyridine rings is 1. The molecular weight excluding hydrogens is 260 g/mol. The van der Waals surface area contributed by atoms with E-state index in [1.54, 1.807) is 12.4 Å². The predicted octanol–water partition coefficient (Wildman–Crippen LogP) is 2.89. The second kappa shape index (κ2) is 6.08. The first-order valence-electron chi connectivity index (χ1n) is 7.44. The van der Waals surface area contributed by atoms with Crippen molar-refractivity contribution in [3.8, 4) is 0 Å². The minimum absolute atomic E-state index is 0.176. The summed E-state index contributed by atoms with van der Waals surface area (Å²) >= 11 is 0. The first-order valence-corrected chi connectivity index (χ1v) is 7.44. The van der Waals surface area contributed by atoms with Crippen molar-refractivity contribution in [2.24, 2.45) is 5.92 Å². The van der Waals surface area contributed by atoms with Crippen LogP contribution in [-0.2, 0) is 11.2 Å². The van der Waals surface area contributed by atoms with Crippen LogP contribution in [-0.4, -0.2) is 29.4 Å². The van der Waals surface area contributed by atoms with Crippen molar-refractivity contribution >= 4 is 5.91 Å². The Kier molecular flexibility index (Phi) is 4.00. The Labute approximate surface area is 125 Å². The summed E-state index contributed by atoms with van der Waals surface area (Å²) in [4.78, 5) is 18.3. The third-order valence-electron chi connectivity index (χ3n) is 4.20. The van der Waals surface area contributed by atoms with E-state index in [1.165, 1.54) is 11.1 Å². The Bertz CT molecular complexity index is 597. The van der Waals surface area contributed by atoms with Crippen molar-refractivity contribution < 1.29 is 4.79 Å². The average Bonchev–Trinajstić information content (AvgIpc) is 3.34. The molecule has 1 aliphatic carbocycles. The number of carbonyl (C=O) groups is 1. The first kappa shape index (κ1) is 13.8. The van der Waals surface area contributed by atoms with Gasteiger partial charge in [0.2, 0.25) is 5.91 Å². The molecule has 2 unspecified atom stereocenters. The summed E-state index contributed by atoms with van der Waals surface area (Å²) in [5, 5.41) is 0. The zero-order valence-corrected chi connectivity index (χ0v) is 12.3. The fourth-order valence-corrected chi connectivity index (χ4v) is 2.78. The maximum Gasteiger partial charge on any atom is 0.226 e. The van der Waals surface area contributed by atoms with Gasteiger partial charge in [0.05, 0.1) is 0 Å². The number of amides is 1. The molecule has 1 aromatic carbocycles. The number of aromatic nitrogens is 1. The molecule has 1 saturated carbocycles. The Hall–Kier alpha value is -2.16. The van der Waals surface area contributed by atoms with Gasteiger partial charge in [-0.05, 0) is 42.0 Å². The fourth-order valence-electron chi connectivity index (χ4n) is 2.78. The van der Waals surface area contributed by atoms with Crippen molar-refractivity contribution in [3.63, 3.8) is 0 Å². The first-order chi connectivity index (χ1) is 10.3. The highest BCUT2D eigenvalue weighted by atomic mass is 16.2. The summed E-state index contributed by atoms with van der Waals surface area (Å²) < 4.78 is 0. The molecule has 1 aliphatic rings. The van der Waals surface area contributed by atoms with Crippen LogP contribution in [0.1, 0.15) is 23.5 Å². The second-order valence-corrected chi connectivity index (χ2v) is 5.72. The van der Waals surface area contributed by atoms with Gasteiger partial charge in [0, 0.05) is 31.9 Å². The van der Waals surface area contributed by atoms with Crippen LogP contribution >= 0.6 is 0 Å². The summed E-state index contributed by atoms with van der Waals surface area (Å²) in [6.07, 6.45) is 5.46. The lowest BCUT2D eigenvalue weighted by atomic mass is 10.1. The maximum absolute atomic E-state index is 12.4. The number of hydrogen-bond donors (Lipinski definition) is 0. The molecule has 0 aliphatic heterocycles. The Balaban J connectivity index is 1.52. The maximum atomic E-state index is 12.4. The van der Waals surface area contributed by atoms with E-state index in [9.17, 15) is 4.79 Å². The lowest BCUT2D eigenvalue weighted by Crippen LogP contribution is -2.30. The highest BCUT2D eigenvalue weighted by Crippen LogP contribution is 2.48. The molecule has 21 heavy (non-hydrogen) atoms. The van der Waals surface area contributed by atoms with Crippen molar-refractivity contribution in [2.45, 2.75) is 18.8 Å². The van der Waals surface area contributed by atoms with Gasteiger partial charge in [-0.2, -0.15) is 0 Å². The monoisotopic (exact) mass is 280 g/mol. The molecule has 0 bridgehead atoms. The van der Waals surface area contributed by atoms with Crippen LogP contribution in [0.2, 0.25) is 0 Å². The van der Waals surface area contributed by atoms with E-state index in [1.807, 2.05) is 42.3 Å². The minimum Gasteiger partial charge on any atom is -0.345 e. The van der Waals surface area contributed by atoms with Crippen LogP contribution in [0.5, 0.6) is 0 Å². The van der Waals surface area contributed by atoms with E-state index >= 15 is 0 Å². The SMILES string of the molecule is CN(CCc1ccncc1)C(=O)C1CC1c1ccccc1. The lowest BCUT2D eigenvalue weighted by molar-refractivity contribution is -0.131. The number of nitrogens with zero attached hydrogens (tertiary/aromatic N) is 2. The molecule has 108 valence electrons. The second-order valence-electron chi connectivity index (χ2n) is 5.72. The molecule has 3 rings (SSSR count). The van der Waals surface area contributed by atoms with Gasteiger partial charge in [-0.3, -0.25) is 9.78 Å². The molecule has 3 nitrogen and oxygen atoms in total. The highest BCUT2D eigenvalue weighted by Gasteiger charge is 2.44. The molecule has 1 heterocycles. The van der Waals surface area contributed by atoms with Crippen LogP contribution in [0.3, 0.4) is 0 Å². The molecule has 1 aromatic heterocycles. The van der Waals surface area contributed by atoms with Gasteiger partial charge in [-0.25, -0.2) is 0 Å². The van der Waals surface area contributed by atoms with Crippen LogP contribution in [0, 0.1) is 5.92 Å². The van der Waals surface area contributed by atoms with Crippen LogP contribution in [0.4, 0.5) is 0 Å². The molecule has 1 amide bonds. The number of carbonyl (C=O) groups excluding carboxylic acids is 1. The van der Waals surface area contributed by atoms with Crippen LogP contribution < -0.4 is 0 Å². The largest absolute Gasteiger partial charge is 0.345 e. The summed E-state index contributed by atoms with van der Waals surface area (Å²) in [7, 11) is 1.91. The van der Waals surface area contributed by atoms with Gasteiger partial charge in [0.1, 0.15) is 0 Å². The Morgan fingerprint density at radius 3 is 2.62 bits per heavy atom. The smallest absolute Gasteiger partial charge is 0.226 e. The van der Waals surface area contributed by atoms with Crippen LogP contribution in [0.25, 0.3) is 0 Å². The van der Waals surface area contributed by atoms with Crippen molar-refractivity contribution in [1.29, 1.82) is 0 Å². The van der Waals surface area contributed by atoms with Crippen molar-refractivity contribution in [3.05, 3.63) is 66.0 Å². The van der Waals surface area contributed by atoms with Gasteiger partial charge in [-0.1, -0.05) is 30.3 Å². The minimum atomic E-state index is 0.176. The predicted molar refractivity (Wildman–Crippen MR) is 82.9 cm³/mol. The van der Waals surface area contributed by atoms with Gasteiger partial charge >= 0.3 is 0 Å². The molecule has 2 aromatic rings. The third-order valence-corrected chi connectivity index (χ3v) is 4.20. The van der Waals surface area contributed by atoms with Crippen LogP contribution in [0.15, 0.2) is 54.9 Å². The Morgan fingerprint density at radius 2 is 1.90 bits per heavy atom. The molecular formula is C18H20N2O. The van der Waals surface area contributed by atoms with Crippen molar-refractivity contribution in [2.75, 3.05) is 13.6 Å². The quantitative estimate of drug-likeness (QED) is 0.843. The fraction of sp³-hybridized carbons (Fsp3) is 0.333. The number of hydrogen-bond acceptors (Lipinski definition) is 2. The summed E-state index contributed by atoms with van der Waals surface area (Å²) in [6, 6.07) is 14.3. The summed E-state index contributed by atoms with van der Waals surface area (Å²) in [5.41, 5.74) is 2.51. The van der Waals surface area contributed by atoms with E-state index in [2.05, 4.69) is 17.1 Å². The van der Waals surface area contributed by atoms with E-state index in [0.717, 1.165) is 19.4 Å². The lowest BCUT2D eigenvalue weighted by Gasteiger charge is -2.17. The van der Waals surface area contributed by atoms with Gasteiger partial charge in [0.25, 0.3) is 0 Å². The number of benzene rings is 1. The normalized spacial score (nSPS) is 20.0. The molecule has 0 radical (unpaired) electrons. The zero-order valence-electron chi connectivity index (χ0n) is 12.3. The van der Waals surface area contributed by atoms with E-state index in [-0.39, 0.29) is 11.8 Å². The molecule has 0 N–H and O–H groups in total. The molecule has 1 fully saturated rings. The van der Waals surface area contributed by atoms with Gasteiger partial charge in [-0.15, -0.1) is 0 Å². The van der Waals surface area contributed by atoms with E-state index < -0.39 is 0 Å². The summed E-state index contributed by atoms with van der Waals surface area (Å²) in [5.74, 6) is 0.870. The standard InChI is InChI=1S/C18H20N2O/c1-20(12-9-14-7-10-19-11-8-14)18(21)17-13-16(17)15-5-3-2-4-6-15/h2-8,10-11,16-17H,9,12-13H2,1H3. The molecule has 2 atom stereocenters. The average molecular weight is 280 g/mol. The summed E-state index contributed by atoms with van der Waals surface area (Å²) in [6.45, 7) is 0.765. The third kappa shape index (κ3) is 3.30. The molecule has 0 saturated heterocycles. The zero-order chi connectivity index (χ0) is 14.7. The Morgan fingerprint density at radius 1 is 1.19 bits per heavy atom. The number of rotatable bonds is 5. The number of likely N-dealkylation sites (N-methyl/N-ethyl adjacent to an activating group) is 1. The van der Waals surface area contributed by atoms with Gasteiger partial charge in [0.15, 0.2) is 0 Å². The van der Waals surface area contributed by atoms with E-state index in [0.29, 0.717) is 5.92 Å². The van der Waals surface area contributed by atoms with Gasteiger partial charge < -0.3 is 4.90 Å². The molecule has 3 heteroatoms. The highest BCUT2D eigenvalue weighted by molar-refractivity contribution is 5.82. The topological polar surface area (TPSA) is 33.2 Å². The molecule has 0 spiro atoms.